The van der Waals surface area contributed by atoms with Crippen LogP contribution < -0.4 is 14.6 Å². The van der Waals surface area contributed by atoms with E-state index in [1.54, 1.807) is 0 Å². The van der Waals surface area contributed by atoms with Gasteiger partial charge in [-0.15, -0.1) is 0 Å². The van der Waals surface area contributed by atoms with Gasteiger partial charge in [-0.2, -0.15) is 0 Å². The molecule has 0 radical (unpaired) electrons. The Morgan fingerprint density at radius 3 is 1.48 bits per heavy atom. The van der Waals surface area contributed by atoms with Crippen LogP contribution in [0, 0.1) is 12.1 Å². The Morgan fingerprint density at radius 2 is 1.02 bits per heavy atom. The molecular formula is C45H45BiN2OPt. The van der Waals surface area contributed by atoms with Crippen LogP contribution >= 0.6 is 0 Å². The summed E-state index contributed by atoms with van der Waals surface area (Å²) >= 11 is -2.58. The Bertz CT molecular complexity index is 2010. The normalized spacial score (nSPS) is 11.8. The Balaban J connectivity index is 0.00000486. The summed E-state index contributed by atoms with van der Waals surface area (Å²) in [6.07, 6.45) is 3.85. The molecule has 0 aliphatic rings. The summed E-state index contributed by atoms with van der Waals surface area (Å²) in [5.41, 5.74) is 7.01. The predicted octanol–water partition coefficient (Wildman–Crippen LogP) is 9.44. The number of nitrogens with zero attached hydrogens (tertiary/aromatic N) is 2. The van der Waals surface area contributed by atoms with E-state index in [2.05, 4.69) is 177 Å². The summed E-state index contributed by atoms with van der Waals surface area (Å²) in [5, 5.41) is 0. The minimum Gasteiger partial charge on any atom is 2.00 e. The van der Waals surface area contributed by atoms with Crippen molar-refractivity contribution in [3.8, 4) is 34.0 Å². The molecule has 0 unspecified atom stereocenters. The molecule has 0 spiro atoms. The standard InChI is InChI=1S/C33H35N2O.2C6H5.Bi.Pt/c1-22(2)23-12-14-35-31(19-23)25-16-27(33(6,7)8)21-29(18-25)36-28-17-24(30-11-9-10-13-34-30)15-26(20-28)32(3,4)5;2*1-2-4-6-5-3-1;;/h10-16,19-22H,1-8H3;2*1-5H;;/q-2;;;;+2. The summed E-state index contributed by atoms with van der Waals surface area (Å²) < 4.78 is 11.0. The third-order valence-electron chi connectivity index (χ3n) is 8.67. The van der Waals surface area contributed by atoms with Gasteiger partial charge < -0.3 is 0 Å². The minimum atomic E-state index is -2.58. The molecule has 0 fully saturated rings. The van der Waals surface area contributed by atoms with Crippen molar-refractivity contribution < 1.29 is 25.8 Å². The summed E-state index contributed by atoms with van der Waals surface area (Å²) in [6.45, 7) is 17.8. The van der Waals surface area contributed by atoms with Gasteiger partial charge in [-0.1, -0.05) is 19.4 Å². The van der Waals surface area contributed by atoms with Gasteiger partial charge in [0.1, 0.15) is 0 Å². The van der Waals surface area contributed by atoms with Crippen LogP contribution in [-0.4, -0.2) is 31.7 Å². The molecule has 0 saturated carbocycles. The third-order valence-corrected chi connectivity index (χ3v) is 18.1. The van der Waals surface area contributed by atoms with E-state index in [0.717, 1.165) is 33.6 Å². The molecule has 0 aliphatic heterocycles. The van der Waals surface area contributed by atoms with E-state index in [1.807, 2.05) is 12.4 Å². The number of aromatic nitrogens is 2. The minimum absolute atomic E-state index is 0. The maximum atomic E-state index is 6.71. The van der Waals surface area contributed by atoms with Gasteiger partial charge in [-0.3, -0.25) is 0 Å². The molecular weight excluding hydrogens is 989 g/mol. The molecule has 6 aromatic rings. The van der Waals surface area contributed by atoms with E-state index in [4.69, 9.17) is 14.7 Å². The number of hydrogen-bond donors (Lipinski definition) is 0. The van der Waals surface area contributed by atoms with E-state index in [0.29, 0.717) is 17.4 Å². The second-order valence-corrected chi connectivity index (χ2v) is 23.6. The van der Waals surface area contributed by atoms with E-state index < -0.39 is 21.8 Å². The first-order valence-corrected chi connectivity index (χ1v) is 22.2. The Hall–Kier alpha value is -3.45. The fraction of sp³-hybridized carbons (Fsp3) is 0.244. The van der Waals surface area contributed by atoms with E-state index >= 15 is 0 Å². The molecule has 0 atom stereocenters. The van der Waals surface area contributed by atoms with Crippen LogP contribution in [0.15, 0.2) is 122 Å². The number of rotatable bonds is 8. The average molecular weight is 1030 g/mol. The zero-order valence-corrected chi connectivity index (χ0v) is 35.9. The SMILES string of the molecule is CC(C)c1ccnc(-c2[c-]c(Oc3[c-]c(-c4c[c]([Bi]([c]5ccccc5)[c]5ccccc5)ccn4)cc(C(C)(C)C)c3)cc(C(C)(C)C)c2)c1.[Pt+2]. The van der Waals surface area contributed by atoms with E-state index in [1.165, 1.54) is 15.4 Å². The van der Waals surface area contributed by atoms with Gasteiger partial charge in [-0.05, 0) is 12.0 Å². The summed E-state index contributed by atoms with van der Waals surface area (Å²) in [4.78, 5) is 9.63. The number of benzene rings is 4. The molecule has 2 heterocycles. The summed E-state index contributed by atoms with van der Waals surface area (Å²) in [5.74, 6) is 1.71. The van der Waals surface area contributed by atoms with Crippen molar-refractivity contribution in [2.24, 2.45) is 0 Å². The fourth-order valence-corrected chi connectivity index (χ4v) is 14.7. The molecule has 5 heteroatoms. The molecule has 50 heavy (non-hydrogen) atoms. The number of hydrogen-bond acceptors (Lipinski definition) is 3. The first-order chi connectivity index (χ1) is 23.3. The van der Waals surface area contributed by atoms with Crippen LogP contribution in [0.25, 0.3) is 22.5 Å². The summed E-state index contributed by atoms with van der Waals surface area (Å²) in [6, 6.07) is 46.5. The first kappa shape index (κ1) is 37.8. The van der Waals surface area contributed by atoms with Gasteiger partial charge in [0.15, 0.2) is 0 Å². The molecule has 256 valence electrons. The van der Waals surface area contributed by atoms with Crippen molar-refractivity contribution in [3.05, 3.63) is 150 Å². The fourth-order valence-electron chi connectivity index (χ4n) is 5.72. The van der Waals surface area contributed by atoms with Gasteiger partial charge >= 0.3 is 286 Å². The van der Waals surface area contributed by atoms with Crippen LogP contribution in [0.1, 0.15) is 78.0 Å². The zero-order valence-electron chi connectivity index (χ0n) is 30.2. The van der Waals surface area contributed by atoms with Crippen molar-refractivity contribution in [2.45, 2.75) is 72.1 Å². The number of ether oxygens (including phenoxy) is 1. The van der Waals surface area contributed by atoms with Crippen LogP contribution in [0.3, 0.4) is 0 Å². The predicted molar refractivity (Wildman–Crippen MR) is 206 cm³/mol. The van der Waals surface area contributed by atoms with Gasteiger partial charge in [0, 0.05) is 6.20 Å². The molecule has 0 amide bonds. The van der Waals surface area contributed by atoms with Crippen LogP contribution in [0.5, 0.6) is 11.5 Å². The van der Waals surface area contributed by atoms with Gasteiger partial charge in [-0.25, -0.2) is 0 Å². The second kappa shape index (κ2) is 15.8. The molecule has 3 nitrogen and oxygen atoms in total. The number of pyridine rings is 2. The third kappa shape index (κ3) is 9.06. The maximum absolute atomic E-state index is 6.71. The Labute approximate surface area is 321 Å². The first-order valence-electron chi connectivity index (χ1n) is 17.0. The van der Waals surface area contributed by atoms with E-state index in [9.17, 15) is 0 Å². The smallest absolute Gasteiger partial charge is 2.00 e. The molecule has 0 bridgehead atoms. The van der Waals surface area contributed by atoms with Crippen molar-refractivity contribution >= 4 is 31.6 Å². The quantitative estimate of drug-likeness (QED) is 0.113. The molecule has 0 saturated heterocycles. The molecule has 6 rings (SSSR count). The Morgan fingerprint density at radius 1 is 0.560 bits per heavy atom. The molecule has 2 aromatic heterocycles. The van der Waals surface area contributed by atoms with Crippen LogP contribution in [0.2, 0.25) is 0 Å². The van der Waals surface area contributed by atoms with E-state index in [-0.39, 0.29) is 31.9 Å². The van der Waals surface area contributed by atoms with Crippen molar-refractivity contribution in [2.75, 3.05) is 0 Å². The average Bonchev–Trinajstić information content (AvgIpc) is 3.08. The van der Waals surface area contributed by atoms with Crippen LogP contribution in [0.4, 0.5) is 0 Å². The second-order valence-electron chi connectivity index (χ2n) is 14.9. The molecule has 4 aromatic carbocycles. The topological polar surface area (TPSA) is 35.0 Å². The van der Waals surface area contributed by atoms with Gasteiger partial charge in [0.25, 0.3) is 0 Å². The molecule has 0 N–H and O–H groups in total. The zero-order chi connectivity index (χ0) is 34.8. The van der Waals surface area contributed by atoms with Crippen molar-refractivity contribution in [1.29, 1.82) is 0 Å². The van der Waals surface area contributed by atoms with Gasteiger partial charge in [0.05, 0.1) is 0 Å². The summed E-state index contributed by atoms with van der Waals surface area (Å²) in [7, 11) is 0. The van der Waals surface area contributed by atoms with Crippen molar-refractivity contribution in [3.63, 3.8) is 0 Å². The van der Waals surface area contributed by atoms with Crippen LogP contribution in [-0.2, 0) is 31.9 Å². The van der Waals surface area contributed by atoms with Gasteiger partial charge in [0.2, 0.25) is 0 Å². The molecule has 0 aliphatic carbocycles. The monoisotopic (exact) mass is 1030 g/mol. The van der Waals surface area contributed by atoms with Crippen molar-refractivity contribution in [1.82, 2.24) is 9.97 Å². The Kier molecular flexibility index (Phi) is 12.0.